The third kappa shape index (κ3) is 6.15. The number of carbonyl (C=O) groups is 2. The molecule has 1 saturated heterocycles. The molecule has 8 heteroatoms. The van der Waals surface area contributed by atoms with Gasteiger partial charge in [-0.2, -0.15) is 0 Å². The van der Waals surface area contributed by atoms with Crippen molar-refractivity contribution in [3.63, 3.8) is 0 Å². The Hall–Kier alpha value is -3.81. The van der Waals surface area contributed by atoms with E-state index in [1.807, 2.05) is 30.3 Å². The number of aromatic hydroxyl groups is 1. The molecule has 1 unspecified atom stereocenters. The molecule has 0 radical (unpaired) electrons. The molecule has 0 spiro atoms. The number of H-pyrrole nitrogens is 1. The molecule has 0 saturated carbocycles. The fourth-order valence-electron chi connectivity index (χ4n) is 3.72. The molecule has 2 N–H and O–H groups in total. The molecule has 34 heavy (non-hydrogen) atoms. The van der Waals surface area contributed by atoms with Gasteiger partial charge >= 0.3 is 12.1 Å². The first-order valence-corrected chi connectivity index (χ1v) is 11.1. The number of pyridine rings is 1. The van der Waals surface area contributed by atoms with Gasteiger partial charge in [-0.3, -0.25) is 9.69 Å². The van der Waals surface area contributed by atoms with Crippen molar-refractivity contribution in [2.45, 2.75) is 45.3 Å². The lowest BCUT2D eigenvalue weighted by Crippen LogP contribution is -2.43. The molecule has 8 nitrogen and oxygen atoms in total. The molecule has 1 aliphatic heterocycles. The largest absolute Gasteiger partial charge is 0.508 e. The zero-order chi connectivity index (χ0) is 24.9. The molecular formula is C26H30N2O6. The maximum atomic E-state index is 12.0. The molecule has 1 aliphatic rings. The van der Waals surface area contributed by atoms with E-state index in [1.54, 1.807) is 45.0 Å². The lowest BCUT2D eigenvalue weighted by atomic mass is 10.0. The Bertz CT molecular complexity index is 1230. The van der Waals surface area contributed by atoms with Gasteiger partial charge < -0.3 is 19.6 Å². The fraction of sp³-hybridized carbons (Fsp3) is 0.346. The second-order valence-electron chi connectivity index (χ2n) is 9.00. The molecule has 1 fully saturated rings. The minimum Gasteiger partial charge on any atom is -0.508 e. The smallest absolute Gasteiger partial charge is 0.411 e. The van der Waals surface area contributed by atoms with Crippen molar-refractivity contribution in [3.05, 3.63) is 65.0 Å². The topological polar surface area (TPSA) is 109 Å². The average Bonchev–Trinajstić information content (AvgIpc) is 3.28. The molecule has 0 bridgehead atoms. The number of para-hydroxylation sites is 1. The minimum absolute atomic E-state index is 0.153. The molecular weight excluding hydrogens is 436 g/mol. The van der Waals surface area contributed by atoms with Gasteiger partial charge in [0, 0.05) is 17.6 Å². The van der Waals surface area contributed by atoms with E-state index in [2.05, 4.69) is 9.72 Å². The fourth-order valence-corrected chi connectivity index (χ4v) is 3.72. The number of aromatic nitrogens is 1. The Labute approximate surface area is 198 Å². The maximum absolute atomic E-state index is 12.0. The summed E-state index contributed by atoms with van der Waals surface area (Å²) in [5.41, 5.74) is 1.39. The summed E-state index contributed by atoms with van der Waals surface area (Å²) in [7, 11) is 1.33. The van der Waals surface area contributed by atoms with Crippen LogP contribution in [0.3, 0.4) is 0 Å². The Balaban J connectivity index is 0.000000192. The first kappa shape index (κ1) is 24.8. The summed E-state index contributed by atoms with van der Waals surface area (Å²) in [4.78, 5) is 39.5. The lowest BCUT2D eigenvalue weighted by molar-refractivity contribution is -0.145. The number of nitrogens with zero attached hydrogens (tertiary/aromatic N) is 1. The van der Waals surface area contributed by atoms with Crippen LogP contribution in [0.25, 0.3) is 22.0 Å². The SMILES string of the molecule is COC(=O)C1CCCN1C(=O)OC(C)(C)C.O=c1[nH]c2ccccc2cc1-c1cccc(O)c1. The molecule has 3 aromatic rings. The predicted molar refractivity (Wildman–Crippen MR) is 130 cm³/mol. The van der Waals surface area contributed by atoms with E-state index in [9.17, 15) is 19.5 Å². The highest BCUT2D eigenvalue weighted by atomic mass is 16.6. The van der Waals surface area contributed by atoms with Crippen molar-refractivity contribution in [2.24, 2.45) is 0 Å². The molecule has 0 aliphatic carbocycles. The normalized spacial score (nSPS) is 15.4. The van der Waals surface area contributed by atoms with Crippen molar-refractivity contribution in [2.75, 3.05) is 13.7 Å². The summed E-state index contributed by atoms with van der Waals surface area (Å²) in [6, 6.07) is 15.7. The third-order valence-corrected chi connectivity index (χ3v) is 5.26. The molecule has 1 aromatic heterocycles. The highest BCUT2D eigenvalue weighted by molar-refractivity contribution is 5.83. The number of aromatic amines is 1. The second kappa shape index (κ2) is 10.4. The zero-order valence-electron chi connectivity index (χ0n) is 19.8. The Morgan fingerprint density at radius 1 is 1.09 bits per heavy atom. The van der Waals surface area contributed by atoms with Crippen LogP contribution in [0.5, 0.6) is 5.75 Å². The summed E-state index contributed by atoms with van der Waals surface area (Å²) in [6.45, 7) is 5.95. The number of amides is 1. The highest BCUT2D eigenvalue weighted by Crippen LogP contribution is 2.23. The number of methoxy groups -OCH3 is 1. The van der Waals surface area contributed by atoms with Gasteiger partial charge in [-0.15, -0.1) is 0 Å². The number of phenolic OH excluding ortho intramolecular Hbond substituents is 1. The number of esters is 1. The van der Waals surface area contributed by atoms with Gasteiger partial charge in [-0.25, -0.2) is 9.59 Å². The van der Waals surface area contributed by atoms with Crippen LogP contribution in [0.4, 0.5) is 4.79 Å². The number of hydrogen-bond acceptors (Lipinski definition) is 6. The van der Waals surface area contributed by atoms with Gasteiger partial charge in [-0.05, 0) is 68.8 Å². The van der Waals surface area contributed by atoms with Crippen molar-refractivity contribution in [1.29, 1.82) is 0 Å². The van der Waals surface area contributed by atoms with Gasteiger partial charge in [-0.1, -0.05) is 30.3 Å². The van der Waals surface area contributed by atoms with Crippen LogP contribution in [0.15, 0.2) is 59.4 Å². The van der Waals surface area contributed by atoms with E-state index in [-0.39, 0.29) is 17.3 Å². The Kier molecular flexibility index (Phi) is 7.61. The summed E-state index contributed by atoms with van der Waals surface area (Å²) in [6.07, 6.45) is 1.01. The van der Waals surface area contributed by atoms with Crippen LogP contribution < -0.4 is 5.56 Å². The van der Waals surface area contributed by atoms with Crippen LogP contribution in [-0.4, -0.2) is 52.4 Å². The minimum atomic E-state index is -0.541. The quantitative estimate of drug-likeness (QED) is 0.540. The lowest BCUT2D eigenvalue weighted by Gasteiger charge is -2.27. The Morgan fingerprint density at radius 2 is 1.82 bits per heavy atom. The molecule has 180 valence electrons. The van der Waals surface area contributed by atoms with E-state index in [0.717, 1.165) is 17.3 Å². The summed E-state index contributed by atoms with van der Waals surface area (Å²) < 4.78 is 9.88. The molecule has 4 rings (SSSR count). The van der Waals surface area contributed by atoms with E-state index in [1.165, 1.54) is 12.0 Å². The average molecular weight is 467 g/mol. The number of nitrogens with one attached hydrogen (secondary N) is 1. The first-order chi connectivity index (χ1) is 16.1. The van der Waals surface area contributed by atoms with Gasteiger partial charge in [0.15, 0.2) is 0 Å². The molecule has 1 atom stereocenters. The van der Waals surface area contributed by atoms with Crippen LogP contribution in [-0.2, 0) is 14.3 Å². The first-order valence-electron chi connectivity index (χ1n) is 11.1. The standard InChI is InChI=1S/C15H11NO2.C11H19NO4/c17-12-6-3-5-10(8-12)13-9-11-4-1-2-7-14(11)16-15(13)18;1-11(2,3)16-10(14)12-7-5-6-8(12)9(13)15-4/h1-9,17H,(H,16,18);8H,5-7H2,1-4H3. The number of benzene rings is 2. The van der Waals surface area contributed by atoms with E-state index in [0.29, 0.717) is 24.1 Å². The number of phenols is 1. The molecule has 2 heterocycles. The predicted octanol–water partition coefficient (Wildman–Crippen LogP) is 4.46. The van der Waals surface area contributed by atoms with Gasteiger partial charge in [0.05, 0.1) is 7.11 Å². The number of carbonyl (C=O) groups excluding carboxylic acids is 2. The summed E-state index contributed by atoms with van der Waals surface area (Å²) in [5, 5.41) is 10.4. The van der Waals surface area contributed by atoms with Crippen LogP contribution in [0.2, 0.25) is 0 Å². The highest BCUT2D eigenvalue weighted by Gasteiger charge is 2.37. The van der Waals surface area contributed by atoms with Crippen LogP contribution >= 0.6 is 0 Å². The number of fused-ring (bicyclic) bond motifs is 1. The maximum Gasteiger partial charge on any atom is 0.411 e. The van der Waals surface area contributed by atoms with Gasteiger partial charge in [0.1, 0.15) is 17.4 Å². The van der Waals surface area contributed by atoms with Crippen LogP contribution in [0, 0.1) is 0 Å². The van der Waals surface area contributed by atoms with Crippen molar-refractivity contribution in [3.8, 4) is 16.9 Å². The van der Waals surface area contributed by atoms with Crippen molar-refractivity contribution in [1.82, 2.24) is 9.88 Å². The van der Waals surface area contributed by atoms with Crippen LogP contribution in [0.1, 0.15) is 33.6 Å². The number of hydrogen-bond donors (Lipinski definition) is 2. The monoisotopic (exact) mass is 466 g/mol. The zero-order valence-corrected chi connectivity index (χ0v) is 19.8. The van der Waals surface area contributed by atoms with Gasteiger partial charge in [0.25, 0.3) is 5.56 Å². The van der Waals surface area contributed by atoms with Gasteiger partial charge in [0.2, 0.25) is 0 Å². The van der Waals surface area contributed by atoms with E-state index >= 15 is 0 Å². The number of rotatable bonds is 2. The number of ether oxygens (including phenoxy) is 2. The van der Waals surface area contributed by atoms with Crippen molar-refractivity contribution >= 4 is 23.0 Å². The summed E-state index contributed by atoms with van der Waals surface area (Å²) >= 11 is 0. The molecule has 2 aromatic carbocycles. The molecule has 1 amide bonds. The van der Waals surface area contributed by atoms with Crippen molar-refractivity contribution < 1.29 is 24.2 Å². The van der Waals surface area contributed by atoms with E-state index < -0.39 is 17.7 Å². The third-order valence-electron chi connectivity index (χ3n) is 5.26. The summed E-state index contributed by atoms with van der Waals surface area (Å²) in [5.74, 6) is -0.219. The Morgan fingerprint density at radius 3 is 2.50 bits per heavy atom. The van der Waals surface area contributed by atoms with E-state index in [4.69, 9.17) is 4.74 Å². The number of likely N-dealkylation sites (tertiary alicyclic amines) is 1. The second-order valence-corrected chi connectivity index (χ2v) is 9.00.